The number of carbonyl (C=O) groups is 3. The number of hydrogen-bond donors (Lipinski definition) is 5. The number of pyridine rings is 1. The van der Waals surface area contributed by atoms with Gasteiger partial charge in [-0.15, -0.1) is 0 Å². The van der Waals surface area contributed by atoms with E-state index in [0.717, 1.165) is 16.7 Å². The zero-order chi connectivity index (χ0) is 27.9. The number of aromatic nitrogens is 1. The van der Waals surface area contributed by atoms with Crippen molar-refractivity contribution in [3.8, 4) is 0 Å². The standard InChI is InChI=1S/C28H28ClFN4O5/c29-22-8-7-18-19(9-11-31-14-21(18)20(28(38)39)12-25(35)36)26(22)33-13-16-3-5-17(6-4-16)27(37)34-15-24-23(30)2-1-10-32-24/h1-8,10,20-21,31,33H,9,11-15H2,(H,34,37)(H,35,36)(H,38,39). The lowest BCUT2D eigenvalue weighted by molar-refractivity contribution is -0.149. The highest BCUT2D eigenvalue weighted by Gasteiger charge is 2.34. The first-order valence-electron chi connectivity index (χ1n) is 12.4. The summed E-state index contributed by atoms with van der Waals surface area (Å²) in [4.78, 5) is 39.7. The number of aliphatic carboxylic acids is 2. The third-order valence-electron chi connectivity index (χ3n) is 6.75. The average molecular weight is 555 g/mol. The van der Waals surface area contributed by atoms with Gasteiger partial charge >= 0.3 is 11.9 Å². The van der Waals surface area contributed by atoms with Gasteiger partial charge in [0.15, 0.2) is 0 Å². The number of nitrogens with zero attached hydrogens (tertiary/aromatic N) is 1. The van der Waals surface area contributed by atoms with Crippen molar-refractivity contribution < 1.29 is 29.0 Å². The second-order valence-electron chi connectivity index (χ2n) is 9.26. The lowest BCUT2D eigenvalue weighted by Gasteiger charge is -2.25. The van der Waals surface area contributed by atoms with Crippen molar-refractivity contribution in [1.29, 1.82) is 0 Å². The zero-order valence-corrected chi connectivity index (χ0v) is 21.7. The van der Waals surface area contributed by atoms with E-state index in [1.807, 2.05) is 0 Å². The Labute approximate surface area is 229 Å². The first-order valence-corrected chi connectivity index (χ1v) is 12.8. The Kier molecular flexibility index (Phi) is 9.11. The number of nitrogens with one attached hydrogen (secondary N) is 3. The molecule has 5 N–H and O–H groups in total. The van der Waals surface area contributed by atoms with Gasteiger partial charge in [-0.1, -0.05) is 29.8 Å². The lowest BCUT2D eigenvalue weighted by atomic mass is 9.81. The van der Waals surface area contributed by atoms with Gasteiger partial charge in [0.2, 0.25) is 0 Å². The number of amides is 1. The normalized spacial score (nSPS) is 15.5. The van der Waals surface area contributed by atoms with Crippen molar-refractivity contribution in [2.45, 2.75) is 31.8 Å². The van der Waals surface area contributed by atoms with Crippen LogP contribution in [0.5, 0.6) is 0 Å². The molecule has 1 aliphatic heterocycles. The predicted octanol–water partition coefficient (Wildman–Crippen LogP) is 3.82. The molecule has 9 nitrogen and oxygen atoms in total. The molecule has 0 saturated heterocycles. The zero-order valence-electron chi connectivity index (χ0n) is 20.9. The van der Waals surface area contributed by atoms with Crippen LogP contribution in [0, 0.1) is 11.7 Å². The fourth-order valence-corrected chi connectivity index (χ4v) is 5.00. The van der Waals surface area contributed by atoms with E-state index in [0.29, 0.717) is 42.3 Å². The van der Waals surface area contributed by atoms with E-state index < -0.39 is 36.0 Å². The number of carboxylic acids is 2. The fraction of sp³-hybridized carbons (Fsp3) is 0.286. The molecule has 2 aromatic carbocycles. The van der Waals surface area contributed by atoms with Gasteiger partial charge in [0.1, 0.15) is 5.82 Å². The molecule has 0 aliphatic carbocycles. The van der Waals surface area contributed by atoms with E-state index in [1.54, 1.807) is 36.4 Å². The fourth-order valence-electron chi connectivity index (χ4n) is 4.75. The van der Waals surface area contributed by atoms with Crippen molar-refractivity contribution in [3.63, 3.8) is 0 Å². The predicted molar refractivity (Wildman–Crippen MR) is 143 cm³/mol. The molecule has 2 unspecified atom stereocenters. The minimum atomic E-state index is -1.17. The minimum Gasteiger partial charge on any atom is -0.481 e. The highest BCUT2D eigenvalue weighted by atomic mass is 35.5. The number of rotatable bonds is 10. The number of carbonyl (C=O) groups excluding carboxylic acids is 1. The van der Waals surface area contributed by atoms with Crippen LogP contribution in [0.1, 0.15) is 45.1 Å². The smallest absolute Gasteiger partial charge is 0.307 e. The molecule has 0 saturated carbocycles. The summed E-state index contributed by atoms with van der Waals surface area (Å²) in [5, 5.41) is 28.7. The summed E-state index contributed by atoms with van der Waals surface area (Å²) in [7, 11) is 0. The van der Waals surface area contributed by atoms with E-state index in [2.05, 4.69) is 20.9 Å². The Morgan fingerprint density at radius 3 is 2.56 bits per heavy atom. The summed E-state index contributed by atoms with van der Waals surface area (Å²) in [5.41, 5.74) is 3.72. The van der Waals surface area contributed by atoms with Crippen molar-refractivity contribution in [1.82, 2.24) is 15.6 Å². The number of halogens is 2. The average Bonchev–Trinajstić information content (AvgIpc) is 3.13. The Morgan fingerprint density at radius 2 is 1.87 bits per heavy atom. The van der Waals surface area contributed by atoms with Crippen LogP contribution < -0.4 is 16.0 Å². The van der Waals surface area contributed by atoms with Crippen LogP contribution in [0.4, 0.5) is 10.1 Å². The van der Waals surface area contributed by atoms with E-state index >= 15 is 0 Å². The van der Waals surface area contributed by atoms with Crippen LogP contribution >= 0.6 is 11.6 Å². The van der Waals surface area contributed by atoms with Crippen LogP contribution in [0.25, 0.3) is 0 Å². The summed E-state index contributed by atoms with van der Waals surface area (Å²) >= 11 is 6.54. The summed E-state index contributed by atoms with van der Waals surface area (Å²) in [6.07, 6.45) is 1.56. The first-order chi connectivity index (χ1) is 18.7. The monoisotopic (exact) mass is 554 g/mol. The van der Waals surface area contributed by atoms with Crippen molar-refractivity contribution >= 4 is 35.1 Å². The van der Waals surface area contributed by atoms with Crippen LogP contribution in [0.3, 0.4) is 0 Å². The van der Waals surface area contributed by atoms with Crippen LogP contribution in [-0.2, 0) is 29.1 Å². The molecule has 0 spiro atoms. The number of carboxylic acid groups (broad SMARTS) is 2. The third-order valence-corrected chi connectivity index (χ3v) is 7.06. The highest BCUT2D eigenvalue weighted by molar-refractivity contribution is 6.33. The summed E-state index contributed by atoms with van der Waals surface area (Å²) in [6, 6.07) is 13.1. The Hall–Kier alpha value is -4.02. The Balaban J connectivity index is 1.47. The second kappa shape index (κ2) is 12.7. The maximum atomic E-state index is 13.7. The maximum Gasteiger partial charge on any atom is 0.307 e. The van der Waals surface area contributed by atoms with Crippen LogP contribution in [0.2, 0.25) is 5.02 Å². The first kappa shape index (κ1) is 28.0. The highest BCUT2D eigenvalue weighted by Crippen LogP contribution is 2.38. The molecule has 1 aromatic heterocycles. The van der Waals surface area contributed by atoms with Gasteiger partial charge in [-0.3, -0.25) is 19.4 Å². The van der Waals surface area contributed by atoms with Crippen molar-refractivity contribution in [2.75, 3.05) is 18.4 Å². The number of benzene rings is 2. The van der Waals surface area contributed by atoms with E-state index in [4.69, 9.17) is 11.6 Å². The summed E-state index contributed by atoms with van der Waals surface area (Å²) in [5.74, 6) is -4.79. The lowest BCUT2D eigenvalue weighted by Crippen LogP contribution is -2.31. The largest absolute Gasteiger partial charge is 0.481 e. The number of fused-ring (bicyclic) bond motifs is 1. The SMILES string of the molecule is O=C(O)CC(C(=O)O)C1CNCCc2c1ccc(Cl)c2NCc1ccc(C(=O)NCc2ncccc2F)cc1. The quantitative estimate of drug-likeness (QED) is 0.255. The van der Waals surface area contributed by atoms with Gasteiger partial charge < -0.3 is 26.2 Å². The third kappa shape index (κ3) is 6.90. The van der Waals surface area contributed by atoms with E-state index in [-0.39, 0.29) is 18.1 Å². The molecule has 0 radical (unpaired) electrons. The van der Waals surface area contributed by atoms with E-state index in [9.17, 15) is 29.0 Å². The van der Waals surface area contributed by atoms with Gasteiger partial charge in [0.05, 0.1) is 35.3 Å². The van der Waals surface area contributed by atoms with Gasteiger partial charge in [0.25, 0.3) is 5.91 Å². The molecule has 4 rings (SSSR count). The number of anilines is 1. The topological polar surface area (TPSA) is 141 Å². The molecule has 0 bridgehead atoms. The molecule has 1 aliphatic rings. The molecule has 204 valence electrons. The van der Waals surface area contributed by atoms with Crippen LogP contribution in [0.15, 0.2) is 54.7 Å². The summed E-state index contributed by atoms with van der Waals surface area (Å²) in [6.45, 7) is 1.28. The van der Waals surface area contributed by atoms with Gasteiger partial charge in [-0.05, 0) is 60.0 Å². The van der Waals surface area contributed by atoms with Gasteiger partial charge in [0, 0.05) is 30.8 Å². The van der Waals surface area contributed by atoms with Crippen molar-refractivity contribution in [2.24, 2.45) is 5.92 Å². The molecule has 39 heavy (non-hydrogen) atoms. The Bertz CT molecular complexity index is 1370. The maximum absolute atomic E-state index is 13.7. The Morgan fingerprint density at radius 1 is 1.10 bits per heavy atom. The molecule has 0 fully saturated rings. The van der Waals surface area contributed by atoms with Gasteiger partial charge in [-0.25, -0.2) is 4.39 Å². The molecule has 3 aromatic rings. The number of hydrogen-bond acceptors (Lipinski definition) is 6. The molecular formula is C28H28ClFN4O5. The molecule has 2 heterocycles. The van der Waals surface area contributed by atoms with Gasteiger partial charge in [-0.2, -0.15) is 0 Å². The minimum absolute atomic E-state index is 0.0303. The molecule has 2 atom stereocenters. The molecule has 1 amide bonds. The molecule has 11 heteroatoms. The molecular weight excluding hydrogens is 527 g/mol. The van der Waals surface area contributed by atoms with Crippen LogP contribution in [-0.4, -0.2) is 46.1 Å². The summed E-state index contributed by atoms with van der Waals surface area (Å²) < 4.78 is 13.7. The van der Waals surface area contributed by atoms with E-state index in [1.165, 1.54) is 18.3 Å². The second-order valence-corrected chi connectivity index (χ2v) is 9.67. The van der Waals surface area contributed by atoms with Crippen molar-refractivity contribution in [3.05, 3.63) is 93.5 Å².